The van der Waals surface area contributed by atoms with Crippen molar-refractivity contribution >= 4 is 16.9 Å². The van der Waals surface area contributed by atoms with Gasteiger partial charge < -0.3 is 15.2 Å². The molecule has 30 heavy (non-hydrogen) atoms. The van der Waals surface area contributed by atoms with E-state index in [0.29, 0.717) is 11.0 Å². The molecule has 2 aliphatic rings. The van der Waals surface area contributed by atoms with Gasteiger partial charge in [0.2, 0.25) is 0 Å². The van der Waals surface area contributed by atoms with Gasteiger partial charge >= 0.3 is 0 Å². The van der Waals surface area contributed by atoms with Gasteiger partial charge in [-0.15, -0.1) is 0 Å². The van der Waals surface area contributed by atoms with Crippen molar-refractivity contribution < 1.29 is 0 Å². The number of fused-ring (bicyclic) bond motifs is 1. The molecule has 8 heteroatoms. The molecule has 0 amide bonds. The van der Waals surface area contributed by atoms with Crippen molar-refractivity contribution in [2.75, 3.05) is 31.1 Å². The highest BCUT2D eigenvalue weighted by Gasteiger charge is 2.47. The number of H-pyrrole nitrogens is 1. The van der Waals surface area contributed by atoms with E-state index < -0.39 is 0 Å². The molecule has 0 radical (unpaired) electrons. The number of nitrogens with one attached hydrogen (secondary N) is 2. The Labute approximate surface area is 173 Å². The van der Waals surface area contributed by atoms with Gasteiger partial charge in [0.25, 0.3) is 0 Å². The van der Waals surface area contributed by atoms with E-state index in [2.05, 4.69) is 43.5 Å². The van der Waals surface area contributed by atoms with Crippen molar-refractivity contribution in [3.05, 3.63) is 48.5 Å². The second-order valence-corrected chi connectivity index (χ2v) is 8.37. The van der Waals surface area contributed by atoms with Gasteiger partial charge in [0.1, 0.15) is 17.5 Å². The van der Waals surface area contributed by atoms with Gasteiger partial charge in [-0.2, -0.15) is 10.4 Å². The Morgan fingerprint density at radius 2 is 1.97 bits per heavy atom. The number of pyridine rings is 2. The first kappa shape index (κ1) is 17.2. The molecule has 0 bridgehead atoms. The van der Waals surface area contributed by atoms with Gasteiger partial charge in [0.15, 0.2) is 0 Å². The molecule has 2 saturated heterocycles. The monoisotopic (exact) mass is 396 g/mol. The number of nitrogens with zero attached hydrogens (tertiary/aromatic N) is 6. The molecule has 0 aliphatic carbocycles. The van der Waals surface area contributed by atoms with E-state index in [4.69, 9.17) is 4.98 Å². The second-order valence-electron chi connectivity index (χ2n) is 8.37. The van der Waals surface area contributed by atoms with Crippen molar-refractivity contribution in [1.82, 2.24) is 30.0 Å². The van der Waals surface area contributed by atoms with Crippen LogP contribution in [0.15, 0.2) is 43.0 Å². The first-order valence-electron chi connectivity index (χ1n) is 9.97. The van der Waals surface area contributed by atoms with Crippen LogP contribution in [0.5, 0.6) is 0 Å². The lowest BCUT2D eigenvalue weighted by atomic mass is 9.74. The Balaban J connectivity index is 1.39. The van der Waals surface area contributed by atoms with Crippen molar-refractivity contribution in [1.29, 1.82) is 5.26 Å². The Hall–Kier alpha value is -3.70. The van der Waals surface area contributed by atoms with Gasteiger partial charge in [0, 0.05) is 79.3 Å². The number of aryl methyl sites for hydroxylation is 1. The highest BCUT2D eigenvalue weighted by Crippen LogP contribution is 2.38. The van der Waals surface area contributed by atoms with Crippen molar-refractivity contribution in [3.8, 4) is 28.5 Å². The lowest BCUT2D eigenvalue weighted by Crippen LogP contribution is -2.71. The van der Waals surface area contributed by atoms with Crippen LogP contribution in [0.4, 0.5) is 5.82 Å². The molecular formula is C22H20N8. The maximum Gasteiger partial charge on any atom is 0.138 e. The normalized spacial score (nSPS) is 17.0. The summed E-state index contributed by atoms with van der Waals surface area (Å²) in [5, 5.41) is 18.2. The van der Waals surface area contributed by atoms with Crippen LogP contribution in [0.2, 0.25) is 0 Å². The molecule has 6 rings (SSSR count). The van der Waals surface area contributed by atoms with E-state index >= 15 is 0 Å². The van der Waals surface area contributed by atoms with E-state index in [0.717, 1.165) is 65.4 Å². The van der Waals surface area contributed by atoms with Gasteiger partial charge in [0.05, 0.1) is 17.5 Å². The number of hydrogen-bond acceptors (Lipinski definition) is 6. The summed E-state index contributed by atoms with van der Waals surface area (Å²) in [5.74, 6) is 0.991. The van der Waals surface area contributed by atoms with Gasteiger partial charge in [-0.25, -0.2) is 9.97 Å². The number of aromatic amines is 1. The molecule has 4 aromatic heterocycles. The maximum atomic E-state index is 9.70. The molecule has 2 aliphatic heterocycles. The summed E-state index contributed by atoms with van der Waals surface area (Å²) in [6.07, 6.45) is 7.25. The van der Waals surface area contributed by atoms with E-state index in [1.54, 1.807) is 10.9 Å². The van der Waals surface area contributed by atoms with Crippen LogP contribution in [0, 0.1) is 16.7 Å². The zero-order chi connectivity index (χ0) is 20.3. The molecule has 0 saturated carbocycles. The number of rotatable bonds is 3. The zero-order valence-electron chi connectivity index (χ0n) is 16.6. The minimum absolute atomic E-state index is 0.458. The number of nitriles is 1. The molecule has 8 nitrogen and oxygen atoms in total. The van der Waals surface area contributed by atoms with Crippen LogP contribution in [0.25, 0.3) is 33.4 Å². The highest BCUT2D eigenvalue weighted by molar-refractivity contribution is 5.98. The third-order valence-electron chi connectivity index (χ3n) is 6.21. The molecular weight excluding hydrogens is 376 g/mol. The third kappa shape index (κ3) is 2.52. The van der Waals surface area contributed by atoms with Crippen LogP contribution < -0.4 is 10.2 Å². The van der Waals surface area contributed by atoms with Crippen molar-refractivity contribution in [2.45, 2.75) is 0 Å². The van der Waals surface area contributed by atoms with Gasteiger partial charge in [-0.05, 0) is 18.2 Å². The average Bonchev–Trinajstić information content (AvgIpc) is 3.31. The molecule has 2 N–H and O–H groups in total. The summed E-state index contributed by atoms with van der Waals surface area (Å²) in [6, 6.07) is 8.43. The topological polar surface area (TPSA) is 98.5 Å². The summed E-state index contributed by atoms with van der Waals surface area (Å²) in [5.41, 5.74) is 5.42. The molecule has 148 valence electrons. The quantitative estimate of drug-likeness (QED) is 0.551. The molecule has 0 unspecified atom stereocenters. The largest absolute Gasteiger partial charge is 0.355 e. The van der Waals surface area contributed by atoms with E-state index in [-0.39, 0.29) is 0 Å². The van der Waals surface area contributed by atoms with Crippen LogP contribution in [-0.2, 0) is 7.05 Å². The molecule has 6 heterocycles. The Morgan fingerprint density at radius 1 is 1.10 bits per heavy atom. The molecule has 2 fully saturated rings. The lowest BCUT2D eigenvalue weighted by molar-refractivity contribution is 0.120. The van der Waals surface area contributed by atoms with E-state index in [9.17, 15) is 5.26 Å². The van der Waals surface area contributed by atoms with Crippen LogP contribution in [-0.4, -0.2) is 50.9 Å². The minimum Gasteiger partial charge on any atom is -0.355 e. The predicted octanol–water partition coefficient (Wildman–Crippen LogP) is 2.31. The van der Waals surface area contributed by atoms with Gasteiger partial charge in [-0.3, -0.25) is 4.68 Å². The first-order chi connectivity index (χ1) is 14.6. The zero-order valence-corrected chi connectivity index (χ0v) is 16.6. The third-order valence-corrected chi connectivity index (χ3v) is 6.21. The highest BCUT2D eigenvalue weighted by atomic mass is 15.3. The summed E-state index contributed by atoms with van der Waals surface area (Å²) >= 11 is 0. The Kier molecular flexibility index (Phi) is 3.52. The second kappa shape index (κ2) is 6.15. The predicted molar refractivity (Wildman–Crippen MR) is 114 cm³/mol. The van der Waals surface area contributed by atoms with Crippen molar-refractivity contribution in [2.24, 2.45) is 12.5 Å². The molecule has 0 atom stereocenters. The van der Waals surface area contributed by atoms with Crippen LogP contribution >= 0.6 is 0 Å². The standard InChI is InChI=1S/C22H20N8/c1-29-9-16(8-27-29)18-4-17-20(15(5-23)7-26-21(17)28-18)14-2-3-19(25-6-14)30-12-22(13-30)10-24-11-22/h2-4,6-9,24H,10-13H2,1H3,(H,26,28). The fourth-order valence-electron chi connectivity index (χ4n) is 4.53. The summed E-state index contributed by atoms with van der Waals surface area (Å²) in [4.78, 5) is 14.8. The summed E-state index contributed by atoms with van der Waals surface area (Å²) in [6.45, 7) is 4.33. The molecule has 4 aromatic rings. The van der Waals surface area contributed by atoms with E-state index in [1.807, 2.05) is 31.7 Å². The molecule has 1 spiro atoms. The number of anilines is 1. The smallest absolute Gasteiger partial charge is 0.138 e. The maximum absolute atomic E-state index is 9.70. The Morgan fingerprint density at radius 3 is 2.60 bits per heavy atom. The number of hydrogen-bond donors (Lipinski definition) is 2. The van der Waals surface area contributed by atoms with Crippen molar-refractivity contribution in [3.63, 3.8) is 0 Å². The summed E-state index contributed by atoms with van der Waals surface area (Å²) in [7, 11) is 1.89. The summed E-state index contributed by atoms with van der Waals surface area (Å²) < 4.78 is 1.76. The van der Waals surface area contributed by atoms with Crippen LogP contribution in [0.3, 0.4) is 0 Å². The average molecular weight is 396 g/mol. The molecule has 0 aromatic carbocycles. The number of aromatic nitrogens is 5. The fourth-order valence-corrected chi connectivity index (χ4v) is 4.53. The lowest BCUT2D eigenvalue weighted by Gasteiger charge is -2.56. The van der Waals surface area contributed by atoms with E-state index in [1.165, 1.54) is 0 Å². The Bertz CT molecular complexity index is 1300. The first-order valence-corrected chi connectivity index (χ1v) is 9.97. The van der Waals surface area contributed by atoms with Gasteiger partial charge in [-0.1, -0.05) is 0 Å². The minimum atomic E-state index is 0.458. The SMILES string of the molecule is Cn1cc(-c2cc3c(-c4ccc(N5CC6(CNC6)C5)nc4)c(C#N)cnc3[nH]2)cn1. The fraction of sp³-hybridized carbons (Fsp3) is 0.273. The van der Waals surface area contributed by atoms with Crippen LogP contribution in [0.1, 0.15) is 5.56 Å².